The Kier molecular flexibility index (Phi) is 5.38. The summed E-state index contributed by atoms with van der Waals surface area (Å²) in [6, 6.07) is 11.7. The zero-order valence-corrected chi connectivity index (χ0v) is 20.3. The summed E-state index contributed by atoms with van der Waals surface area (Å²) >= 11 is 0. The number of ether oxygens (including phenoxy) is 2. The molecule has 2 aliphatic heterocycles. The van der Waals surface area contributed by atoms with Crippen molar-refractivity contribution in [3.63, 3.8) is 0 Å². The fourth-order valence-electron chi connectivity index (χ4n) is 5.05. The molecule has 0 spiro atoms. The number of para-hydroxylation sites is 1. The first-order valence-corrected chi connectivity index (χ1v) is 13.5. The Morgan fingerprint density at radius 1 is 1.06 bits per heavy atom. The van der Waals surface area contributed by atoms with E-state index in [9.17, 15) is 18.0 Å². The molecule has 10 heteroatoms. The maximum atomic E-state index is 13.1. The van der Waals surface area contributed by atoms with Crippen molar-refractivity contribution in [2.75, 3.05) is 24.8 Å². The van der Waals surface area contributed by atoms with Gasteiger partial charge in [-0.2, -0.15) is 0 Å². The van der Waals surface area contributed by atoms with Gasteiger partial charge in [-0.1, -0.05) is 12.1 Å². The Bertz CT molecular complexity index is 1740. The molecule has 6 rings (SSSR count). The first-order chi connectivity index (χ1) is 17.3. The number of nitrogens with zero attached hydrogens (tertiary/aromatic N) is 1. The predicted molar refractivity (Wildman–Crippen MR) is 133 cm³/mol. The fraction of sp³-hybridized carbons (Fsp3) is 0.308. The molecule has 36 heavy (non-hydrogen) atoms. The molecule has 0 aliphatic carbocycles. The summed E-state index contributed by atoms with van der Waals surface area (Å²) in [5.74, 6) is 1.26. The van der Waals surface area contributed by atoms with Gasteiger partial charge in [0.2, 0.25) is 0 Å². The third-order valence-corrected chi connectivity index (χ3v) is 8.51. The third kappa shape index (κ3) is 3.86. The molecule has 4 aromatic rings. The van der Waals surface area contributed by atoms with Crippen LogP contribution in [0.3, 0.4) is 0 Å². The van der Waals surface area contributed by atoms with Crippen LogP contribution >= 0.6 is 0 Å². The van der Waals surface area contributed by atoms with E-state index in [1.807, 2.05) is 11.8 Å². The molecule has 0 amide bonds. The van der Waals surface area contributed by atoms with Gasteiger partial charge in [0.05, 0.1) is 29.2 Å². The highest BCUT2D eigenvalue weighted by Gasteiger charge is 2.35. The fourth-order valence-corrected chi connectivity index (χ4v) is 6.81. The van der Waals surface area contributed by atoms with E-state index in [1.54, 1.807) is 36.4 Å². The molecule has 186 valence electrons. The average Bonchev–Trinajstić information content (AvgIpc) is 3.23. The summed E-state index contributed by atoms with van der Waals surface area (Å²) < 4.78 is 46.7. The molecule has 4 heterocycles. The van der Waals surface area contributed by atoms with Crippen LogP contribution in [0.25, 0.3) is 33.1 Å². The van der Waals surface area contributed by atoms with Gasteiger partial charge < -0.3 is 18.3 Å². The lowest BCUT2D eigenvalue weighted by Crippen LogP contribution is -2.41. The number of sulfone groups is 1. The first kappa shape index (κ1) is 22.8. The van der Waals surface area contributed by atoms with Crippen LogP contribution in [0.2, 0.25) is 0 Å². The van der Waals surface area contributed by atoms with Gasteiger partial charge in [-0.3, -0.25) is 4.90 Å². The van der Waals surface area contributed by atoms with Crippen molar-refractivity contribution in [1.82, 2.24) is 4.90 Å². The van der Waals surface area contributed by atoms with E-state index < -0.39 is 21.1 Å². The molecule has 2 aromatic carbocycles. The Balaban J connectivity index is 1.49. The average molecular weight is 510 g/mol. The zero-order valence-electron chi connectivity index (χ0n) is 19.5. The highest BCUT2D eigenvalue weighted by Crippen LogP contribution is 2.37. The molecule has 1 unspecified atom stereocenters. The number of benzene rings is 2. The highest BCUT2D eigenvalue weighted by atomic mass is 32.2. The van der Waals surface area contributed by atoms with Crippen molar-refractivity contribution in [2.45, 2.75) is 25.9 Å². The summed E-state index contributed by atoms with van der Waals surface area (Å²) in [5, 5.41) is 1.22. The third-order valence-electron chi connectivity index (χ3n) is 6.76. The van der Waals surface area contributed by atoms with E-state index >= 15 is 0 Å². The van der Waals surface area contributed by atoms with E-state index in [2.05, 4.69) is 0 Å². The maximum Gasteiger partial charge on any atom is 0.344 e. The monoisotopic (exact) mass is 509 g/mol. The predicted octanol–water partition coefficient (Wildman–Crippen LogP) is 3.30. The van der Waals surface area contributed by atoms with Gasteiger partial charge in [0.1, 0.15) is 18.1 Å². The summed E-state index contributed by atoms with van der Waals surface area (Å²) in [5.41, 5.74) is 0.691. The van der Waals surface area contributed by atoms with Crippen molar-refractivity contribution in [2.24, 2.45) is 0 Å². The maximum absolute atomic E-state index is 13.1. The van der Waals surface area contributed by atoms with Crippen LogP contribution in [-0.2, 0) is 16.4 Å². The van der Waals surface area contributed by atoms with E-state index in [4.69, 9.17) is 18.3 Å². The minimum Gasteiger partial charge on any atom is -0.490 e. The molecule has 0 N–H and O–H groups in total. The van der Waals surface area contributed by atoms with Gasteiger partial charge in [-0.15, -0.1) is 0 Å². The Hall–Kier alpha value is -3.63. The van der Waals surface area contributed by atoms with Gasteiger partial charge >= 0.3 is 11.3 Å². The standard InChI is InChI=1S/C26H23NO8S/c1-2-32-22-5-3-4-15-10-19(26(29)35-24(15)22)18-11-23(28)34-25-17(18)6-7-21-20(25)12-27(14-33-21)16-8-9-36(30,31)13-16/h3-7,10-11,16H,2,8-9,12-14H2,1H3. The molecule has 0 bridgehead atoms. The number of fused-ring (bicyclic) bond motifs is 4. The van der Waals surface area contributed by atoms with Crippen LogP contribution < -0.4 is 20.7 Å². The summed E-state index contributed by atoms with van der Waals surface area (Å²) in [4.78, 5) is 27.7. The van der Waals surface area contributed by atoms with Crippen LogP contribution in [0, 0.1) is 0 Å². The molecule has 1 atom stereocenters. The molecule has 2 aromatic heterocycles. The quantitative estimate of drug-likeness (QED) is 0.382. The van der Waals surface area contributed by atoms with Crippen molar-refractivity contribution in [1.29, 1.82) is 0 Å². The minimum absolute atomic E-state index is 0.0769. The van der Waals surface area contributed by atoms with Crippen LogP contribution in [0.1, 0.15) is 18.9 Å². The lowest BCUT2D eigenvalue weighted by atomic mass is 9.99. The number of hydrogen-bond donors (Lipinski definition) is 0. The smallest absolute Gasteiger partial charge is 0.344 e. The van der Waals surface area contributed by atoms with Crippen LogP contribution in [0.5, 0.6) is 11.5 Å². The van der Waals surface area contributed by atoms with Gasteiger partial charge in [-0.05, 0) is 37.6 Å². The van der Waals surface area contributed by atoms with E-state index in [0.717, 1.165) is 0 Å². The van der Waals surface area contributed by atoms with E-state index in [-0.39, 0.29) is 29.8 Å². The van der Waals surface area contributed by atoms with Gasteiger partial charge in [0.25, 0.3) is 0 Å². The van der Waals surface area contributed by atoms with Crippen molar-refractivity contribution >= 4 is 31.8 Å². The van der Waals surface area contributed by atoms with Gasteiger partial charge in [0, 0.05) is 35.0 Å². The second-order valence-corrected chi connectivity index (χ2v) is 11.3. The molecular formula is C26H23NO8S. The molecule has 1 saturated heterocycles. The second kappa shape index (κ2) is 8.49. The normalized spacial score (nSPS) is 19.3. The summed E-state index contributed by atoms with van der Waals surface area (Å²) in [7, 11) is -3.07. The van der Waals surface area contributed by atoms with Crippen molar-refractivity contribution in [3.8, 4) is 22.6 Å². The Labute approximate surface area is 205 Å². The molecule has 0 saturated carbocycles. The summed E-state index contributed by atoms with van der Waals surface area (Å²) in [6.07, 6.45) is 0.531. The summed E-state index contributed by atoms with van der Waals surface area (Å²) in [6.45, 7) is 2.88. The lowest BCUT2D eigenvalue weighted by molar-refractivity contribution is 0.0649. The highest BCUT2D eigenvalue weighted by molar-refractivity contribution is 7.91. The first-order valence-electron chi connectivity index (χ1n) is 11.7. The van der Waals surface area contributed by atoms with Gasteiger partial charge in [-0.25, -0.2) is 18.0 Å². The van der Waals surface area contributed by atoms with Crippen LogP contribution in [-0.4, -0.2) is 44.2 Å². The molecule has 9 nitrogen and oxygen atoms in total. The van der Waals surface area contributed by atoms with Crippen LogP contribution in [0.4, 0.5) is 0 Å². The van der Waals surface area contributed by atoms with Crippen molar-refractivity contribution < 1.29 is 26.7 Å². The topological polar surface area (TPSA) is 116 Å². The molecular weight excluding hydrogens is 486 g/mol. The van der Waals surface area contributed by atoms with Crippen LogP contribution in [0.15, 0.2) is 60.9 Å². The Morgan fingerprint density at radius 3 is 2.69 bits per heavy atom. The minimum atomic E-state index is -3.07. The SMILES string of the molecule is CCOc1cccc2cc(-c3cc(=O)oc4c5c(ccc34)OCN(C3CCS(=O)(=O)C3)C5)c(=O)oc12. The lowest BCUT2D eigenvalue weighted by Gasteiger charge is -2.33. The van der Waals surface area contributed by atoms with E-state index in [1.165, 1.54) is 6.07 Å². The Morgan fingerprint density at radius 2 is 1.92 bits per heavy atom. The molecule has 2 aliphatic rings. The molecule has 1 fully saturated rings. The molecule has 0 radical (unpaired) electrons. The number of rotatable bonds is 4. The largest absolute Gasteiger partial charge is 0.490 e. The zero-order chi connectivity index (χ0) is 25.0. The van der Waals surface area contributed by atoms with Gasteiger partial charge in [0.15, 0.2) is 21.2 Å². The van der Waals surface area contributed by atoms with Crippen molar-refractivity contribution in [3.05, 3.63) is 68.9 Å². The number of hydrogen-bond acceptors (Lipinski definition) is 9. The second-order valence-electron chi connectivity index (χ2n) is 9.03. The van der Waals surface area contributed by atoms with E-state index in [0.29, 0.717) is 64.1 Å².